The Morgan fingerprint density at radius 3 is 1.94 bits per heavy atom. The third kappa shape index (κ3) is 11.0. The van der Waals surface area contributed by atoms with E-state index in [1.807, 2.05) is 107 Å². The number of methoxy groups -OCH3 is 2. The summed E-state index contributed by atoms with van der Waals surface area (Å²) in [6.45, 7) is 6.88. The molecule has 2 aliphatic rings. The van der Waals surface area contributed by atoms with E-state index in [0.29, 0.717) is 17.1 Å². The third-order valence-electron chi connectivity index (χ3n) is 13.5. The number of quaternary nitrogens is 1. The first-order valence-electron chi connectivity index (χ1n) is 25.1. The summed E-state index contributed by atoms with van der Waals surface area (Å²) in [4.78, 5) is 54.7. The van der Waals surface area contributed by atoms with Crippen molar-refractivity contribution in [2.45, 2.75) is 76.3 Å². The summed E-state index contributed by atoms with van der Waals surface area (Å²) in [6, 6.07) is 41.6. The van der Waals surface area contributed by atoms with Crippen molar-refractivity contribution in [3.63, 3.8) is 0 Å². The van der Waals surface area contributed by atoms with Gasteiger partial charge in [-0.1, -0.05) is 84.9 Å². The molecule has 1 N–H and O–H groups in total. The molecule has 5 aromatic carbocycles. The van der Waals surface area contributed by atoms with Gasteiger partial charge < -0.3 is 43.3 Å². The number of hydrogen-bond donors (Lipinski definition) is 1. The Kier molecular flexibility index (Phi) is 16.9. The predicted octanol–water partition coefficient (Wildman–Crippen LogP) is 9.36. The van der Waals surface area contributed by atoms with Crippen molar-refractivity contribution in [2.75, 3.05) is 45.9 Å². The van der Waals surface area contributed by atoms with Gasteiger partial charge in [-0.25, -0.2) is 33.9 Å². The molecule has 2 aromatic heterocycles. The molecule has 0 bridgehead atoms. The molecule has 5 atom stereocenters. The van der Waals surface area contributed by atoms with Crippen LogP contribution < -0.4 is 14.8 Å². The molecular formula is C57H59N8O11P. The largest absolute Gasteiger partial charge is 0.617 e. The quantitative estimate of drug-likeness (QED) is 0.0157. The summed E-state index contributed by atoms with van der Waals surface area (Å²) >= 11 is 0. The highest BCUT2D eigenvalue weighted by atomic mass is 31.2. The highest BCUT2D eigenvalue weighted by molar-refractivity contribution is 7.44. The van der Waals surface area contributed by atoms with Gasteiger partial charge in [0, 0.05) is 17.6 Å². The predicted molar refractivity (Wildman–Crippen MR) is 285 cm³/mol. The number of imidazole rings is 1. The van der Waals surface area contributed by atoms with Gasteiger partial charge in [-0.15, -0.1) is 0 Å². The number of nitriles is 1. The highest BCUT2D eigenvalue weighted by Gasteiger charge is 2.53. The maximum absolute atomic E-state index is 14.5. The van der Waals surface area contributed by atoms with Crippen LogP contribution in [-0.4, -0.2) is 118 Å². The number of imide groups is 1. The Labute approximate surface area is 447 Å². The summed E-state index contributed by atoms with van der Waals surface area (Å²) in [5.41, 5.74) is 1.86. The van der Waals surface area contributed by atoms with Crippen LogP contribution in [0, 0.1) is 16.5 Å². The van der Waals surface area contributed by atoms with Gasteiger partial charge >= 0.3 is 11.8 Å². The van der Waals surface area contributed by atoms with E-state index in [1.54, 1.807) is 61.3 Å². The number of hydrogen-bond acceptors (Lipinski definition) is 16. The van der Waals surface area contributed by atoms with Crippen LogP contribution in [0.3, 0.4) is 0 Å². The van der Waals surface area contributed by atoms with Crippen LogP contribution in [0.15, 0.2) is 146 Å². The summed E-state index contributed by atoms with van der Waals surface area (Å²) in [5.74, 6) is -0.834. The molecule has 2 aliphatic heterocycles. The molecule has 0 aliphatic carbocycles. The Balaban J connectivity index is 1.18. The normalized spacial score (nSPS) is 18.5. The van der Waals surface area contributed by atoms with E-state index in [0.717, 1.165) is 16.7 Å². The van der Waals surface area contributed by atoms with Gasteiger partial charge in [0.15, 0.2) is 23.2 Å². The zero-order valence-corrected chi connectivity index (χ0v) is 44.3. The number of fused-ring (bicyclic) bond motifs is 2. The molecule has 0 radical (unpaired) electrons. The van der Waals surface area contributed by atoms with Crippen molar-refractivity contribution in [1.82, 2.24) is 24.2 Å². The van der Waals surface area contributed by atoms with Crippen LogP contribution in [0.2, 0.25) is 0 Å². The number of ether oxygens (including phenoxy) is 5. The molecule has 3 amide bonds. The van der Waals surface area contributed by atoms with Gasteiger partial charge in [-0.2, -0.15) is 5.26 Å². The maximum atomic E-state index is 14.5. The smallest absolute Gasteiger partial charge is 0.354 e. The molecule has 20 heteroatoms. The monoisotopic (exact) mass is 1060 g/mol. The van der Waals surface area contributed by atoms with Crippen LogP contribution in [0.1, 0.15) is 88.1 Å². The van der Waals surface area contributed by atoms with Gasteiger partial charge in [0.05, 0.1) is 64.0 Å². The highest BCUT2D eigenvalue weighted by Crippen LogP contribution is 2.52. The first-order valence-corrected chi connectivity index (χ1v) is 26.3. The van der Waals surface area contributed by atoms with Crippen molar-refractivity contribution < 1.29 is 51.8 Å². The first kappa shape index (κ1) is 54.4. The van der Waals surface area contributed by atoms with Gasteiger partial charge in [0.25, 0.3) is 14.4 Å². The second-order valence-electron chi connectivity index (χ2n) is 18.8. The molecule has 0 saturated carbocycles. The molecule has 1 unspecified atom stereocenters. The van der Waals surface area contributed by atoms with Gasteiger partial charge in [-0.05, 0) is 92.9 Å². The average Bonchev–Trinajstić information content (AvgIpc) is 4.11. The minimum Gasteiger partial charge on any atom is -0.617 e. The maximum Gasteiger partial charge on any atom is 0.354 e. The lowest BCUT2D eigenvalue weighted by molar-refractivity contribution is -0.709. The minimum atomic E-state index is -2.02. The summed E-state index contributed by atoms with van der Waals surface area (Å²) in [6.07, 6.45) is -1.67. The lowest BCUT2D eigenvalue weighted by Gasteiger charge is -2.39. The molecule has 0 spiro atoms. The van der Waals surface area contributed by atoms with Crippen LogP contribution in [-0.2, 0) is 28.9 Å². The number of nitrogens with zero attached hydrogens (tertiary/aromatic N) is 7. The Morgan fingerprint density at radius 1 is 0.792 bits per heavy atom. The van der Waals surface area contributed by atoms with Crippen LogP contribution in [0.4, 0.5) is 5.82 Å². The van der Waals surface area contributed by atoms with E-state index in [2.05, 4.69) is 26.0 Å². The standard InChI is InChI=1S/C57H59N8O11P/c1-37(2)64(38(3)4)77(74-32-15-30-58)76-49-47(34-73-57(40-18-11-8-12-19-40,41-22-26-43(70-5)27-23-41)42-24-28-44(71-6)29-25-42)75-54(50(49)72-33-31-65(69)55(67)45-20-13-14-21-46(45)56(65)68)63-36-61-48-51(59-35-60-52(48)63)62-53(66)39-16-9-7-10-17-39/h7-14,16-29,35-38,47,49-50,54H,15,31-34H2,1-6H3,(H,59,60,62,66)/t47-,49-,50-,54-,77?/m1/s1. The summed E-state index contributed by atoms with van der Waals surface area (Å²) < 4.78 is 48.4. The van der Waals surface area contributed by atoms with E-state index < -0.39 is 74.2 Å². The van der Waals surface area contributed by atoms with Crippen LogP contribution in [0.5, 0.6) is 11.5 Å². The first-order chi connectivity index (χ1) is 37.3. The second kappa shape index (κ2) is 23.9. The molecule has 7 aromatic rings. The number of hydroxylamine groups is 3. The zero-order chi connectivity index (χ0) is 54.3. The van der Waals surface area contributed by atoms with Gasteiger partial charge in [0.2, 0.25) is 0 Å². The molecule has 19 nitrogen and oxygen atoms in total. The van der Waals surface area contributed by atoms with Gasteiger partial charge in [-0.3, -0.25) is 9.36 Å². The summed E-state index contributed by atoms with van der Waals surface area (Å²) in [7, 11) is 1.17. The van der Waals surface area contributed by atoms with Crippen molar-refractivity contribution in [3.8, 4) is 17.6 Å². The van der Waals surface area contributed by atoms with E-state index in [-0.39, 0.29) is 59.8 Å². The Hall–Kier alpha value is -7.34. The van der Waals surface area contributed by atoms with E-state index in [1.165, 1.54) is 24.8 Å². The molecule has 4 heterocycles. The molecular weight excluding hydrogens is 1000 g/mol. The zero-order valence-electron chi connectivity index (χ0n) is 43.4. The molecule has 1 saturated heterocycles. The van der Waals surface area contributed by atoms with E-state index >= 15 is 0 Å². The average molecular weight is 1060 g/mol. The minimum absolute atomic E-state index is 0.0333. The van der Waals surface area contributed by atoms with Crippen molar-refractivity contribution >= 4 is 43.2 Å². The molecule has 9 rings (SSSR count). The Bertz CT molecular complexity index is 3120. The third-order valence-corrected chi connectivity index (χ3v) is 15.6. The number of aromatic nitrogens is 4. The SMILES string of the molecule is COc1ccc(C(OC[C@H]2O[C@@H](n3cnc4c(NC(=O)c5ccccc5)ncnc43)[C@H](OCC[N+]3([O-])C(=O)c4ccccc4C3=O)[C@@H]2OP(OCCC#N)N(C(C)C)C(C)C)(c2ccccc2)c2ccc(OC)cc2)cc1. The summed E-state index contributed by atoms with van der Waals surface area (Å²) in [5, 5.41) is 27.0. The number of rotatable bonds is 23. The Morgan fingerprint density at radius 2 is 1.36 bits per heavy atom. The molecule has 77 heavy (non-hydrogen) atoms. The fourth-order valence-electron chi connectivity index (χ4n) is 9.81. The number of anilines is 1. The number of carbonyl (C=O) groups excluding carboxylic acids is 3. The fourth-order valence-corrected chi connectivity index (χ4v) is 11.6. The lowest BCUT2D eigenvalue weighted by atomic mass is 9.80. The second-order valence-corrected chi connectivity index (χ2v) is 20.2. The molecule has 1 fully saturated rings. The van der Waals surface area contributed by atoms with Crippen LogP contribution >= 0.6 is 8.53 Å². The molecule has 398 valence electrons. The number of amides is 3. The van der Waals surface area contributed by atoms with Crippen molar-refractivity contribution in [3.05, 3.63) is 185 Å². The fraction of sp³-hybridized carbons (Fsp3) is 0.316. The van der Waals surface area contributed by atoms with Crippen LogP contribution in [0.25, 0.3) is 11.2 Å². The van der Waals surface area contributed by atoms with E-state index in [4.69, 9.17) is 37.7 Å². The number of carbonyl (C=O) groups is 3. The lowest BCUT2D eigenvalue weighted by Crippen LogP contribution is -2.50. The van der Waals surface area contributed by atoms with E-state index in [9.17, 15) is 24.9 Å². The van der Waals surface area contributed by atoms with Crippen molar-refractivity contribution in [1.29, 1.82) is 5.26 Å². The topological polar surface area (TPSA) is 222 Å². The number of nitrogens with one attached hydrogen (secondary N) is 1. The van der Waals surface area contributed by atoms with Crippen molar-refractivity contribution in [2.24, 2.45) is 0 Å². The number of benzene rings is 5. The van der Waals surface area contributed by atoms with Gasteiger partial charge in [0.1, 0.15) is 48.3 Å².